The first kappa shape index (κ1) is 24.4. The Kier molecular flexibility index (Phi) is 7.88. The average Bonchev–Trinajstić information content (AvgIpc) is 2.69. The Bertz CT molecular complexity index is 937. The summed E-state index contributed by atoms with van der Waals surface area (Å²) in [6, 6.07) is 4.75. The molecule has 0 bridgehead atoms. The maximum atomic E-state index is 14.2. The fraction of sp³-hybridized carbons (Fsp3) is 0.316. The number of amides is 2. The van der Waals surface area contributed by atoms with Crippen molar-refractivity contribution < 1.29 is 35.9 Å². The number of anilines is 1. The highest BCUT2D eigenvalue weighted by Crippen LogP contribution is 2.29. The highest BCUT2D eigenvalue weighted by molar-refractivity contribution is 6.30. The molecular weight excluding hydrogens is 452 g/mol. The van der Waals surface area contributed by atoms with Crippen LogP contribution in [0.4, 0.5) is 32.2 Å². The predicted octanol–water partition coefficient (Wildman–Crippen LogP) is 4.44. The molecule has 2 amide bonds. The van der Waals surface area contributed by atoms with Gasteiger partial charge in [0.15, 0.2) is 11.6 Å². The molecule has 0 radical (unpaired) electrons. The molecular formula is C19H16ClF6N3O2. The van der Waals surface area contributed by atoms with Gasteiger partial charge in [-0.3, -0.25) is 14.5 Å². The van der Waals surface area contributed by atoms with Gasteiger partial charge in [-0.2, -0.15) is 13.2 Å². The van der Waals surface area contributed by atoms with Gasteiger partial charge in [0.1, 0.15) is 6.54 Å². The maximum Gasteiger partial charge on any atom is 0.416 e. The topological polar surface area (TPSA) is 62.3 Å². The monoisotopic (exact) mass is 467 g/mol. The summed E-state index contributed by atoms with van der Waals surface area (Å²) in [5.41, 5.74) is -0.555. The summed E-state index contributed by atoms with van der Waals surface area (Å²) in [5, 5.41) is 2.22. The van der Waals surface area contributed by atoms with Crippen molar-refractivity contribution in [3.05, 3.63) is 58.5 Å². The van der Waals surface area contributed by atoms with Crippen LogP contribution in [0.2, 0.25) is 5.02 Å². The number of carbonyl (C=O) groups is 2. The second kappa shape index (κ2) is 9.99. The van der Waals surface area contributed by atoms with Crippen molar-refractivity contribution in [2.75, 3.05) is 11.4 Å². The minimum atomic E-state index is -4.51. The van der Waals surface area contributed by atoms with Crippen molar-refractivity contribution in [3.63, 3.8) is 0 Å². The summed E-state index contributed by atoms with van der Waals surface area (Å²) in [4.78, 5) is 28.7. The van der Waals surface area contributed by atoms with Crippen LogP contribution < -0.4 is 10.2 Å². The molecule has 0 unspecified atom stereocenters. The number of hydrogen-bond acceptors (Lipinski definition) is 3. The number of pyridine rings is 1. The molecule has 0 aliphatic rings. The number of nitrogens with one attached hydrogen (secondary N) is 1. The highest BCUT2D eigenvalue weighted by Gasteiger charge is 2.32. The van der Waals surface area contributed by atoms with Crippen molar-refractivity contribution in [1.29, 1.82) is 0 Å². The first-order chi connectivity index (χ1) is 14.4. The minimum Gasteiger partial charge on any atom is -0.350 e. The standard InChI is InChI=1S/C19H16ClF6N3O2/c1-10(16(22)23)18(31)29(17-14(21)6-13(20)8-28-17)9-15(30)27-7-11-2-4-12(5-3-11)19(24,25)26/h2-6,8,10,16H,7,9H2,1H3,(H,27,30)/t10-/m1/s1. The van der Waals surface area contributed by atoms with E-state index < -0.39 is 54.1 Å². The molecule has 1 N–H and O–H groups in total. The van der Waals surface area contributed by atoms with Crippen LogP contribution in [-0.4, -0.2) is 29.8 Å². The molecule has 5 nitrogen and oxygen atoms in total. The summed E-state index contributed by atoms with van der Waals surface area (Å²) in [6.45, 7) is -0.143. The van der Waals surface area contributed by atoms with Crippen LogP contribution >= 0.6 is 11.6 Å². The molecule has 168 valence electrons. The van der Waals surface area contributed by atoms with Crippen LogP contribution in [0.5, 0.6) is 0 Å². The van der Waals surface area contributed by atoms with Gasteiger partial charge < -0.3 is 5.32 Å². The first-order valence-corrected chi connectivity index (χ1v) is 9.11. The maximum absolute atomic E-state index is 14.2. The SMILES string of the molecule is C[C@@H](C(=O)N(CC(=O)NCc1ccc(C(F)(F)F)cc1)c1ncc(Cl)cc1F)C(F)F. The minimum absolute atomic E-state index is 0.109. The third-order valence-corrected chi connectivity index (χ3v) is 4.36. The Morgan fingerprint density at radius 1 is 1.19 bits per heavy atom. The van der Waals surface area contributed by atoms with E-state index in [1.807, 2.05) is 0 Å². The number of rotatable bonds is 7. The fourth-order valence-electron chi connectivity index (χ4n) is 2.43. The molecule has 12 heteroatoms. The third-order valence-electron chi connectivity index (χ3n) is 4.15. The predicted molar refractivity (Wildman–Crippen MR) is 100 cm³/mol. The molecule has 2 rings (SSSR count). The number of aromatic nitrogens is 1. The normalized spacial score (nSPS) is 12.5. The van der Waals surface area contributed by atoms with E-state index in [-0.39, 0.29) is 11.6 Å². The Balaban J connectivity index is 2.14. The molecule has 0 spiro atoms. The number of benzene rings is 1. The van der Waals surface area contributed by atoms with Crippen molar-refractivity contribution in [1.82, 2.24) is 10.3 Å². The number of carbonyl (C=O) groups excluding carboxylic acids is 2. The van der Waals surface area contributed by atoms with E-state index in [9.17, 15) is 35.9 Å². The molecule has 1 aromatic carbocycles. The lowest BCUT2D eigenvalue weighted by molar-refractivity contribution is -0.137. The van der Waals surface area contributed by atoms with Crippen molar-refractivity contribution in [2.24, 2.45) is 5.92 Å². The van der Waals surface area contributed by atoms with Crippen LogP contribution in [0.1, 0.15) is 18.1 Å². The quantitative estimate of drug-likeness (QED) is 0.612. The zero-order valence-electron chi connectivity index (χ0n) is 15.9. The smallest absolute Gasteiger partial charge is 0.350 e. The van der Waals surface area contributed by atoms with Gasteiger partial charge in [0.2, 0.25) is 18.2 Å². The molecule has 31 heavy (non-hydrogen) atoms. The largest absolute Gasteiger partial charge is 0.416 e. The lowest BCUT2D eigenvalue weighted by atomic mass is 10.1. The van der Waals surface area contributed by atoms with Gasteiger partial charge in [0.25, 0.3) is 0 Å². The molecule has 1 aromatic heterocycles. The summed E-state index contributed by atoms with van der Waals surface area (Å²) in [7, 11) is 0. The lowest BCUT2D eigenvalue weighted by Crippen LogP contribution is -2.45. The summed E-state index contributed by atoms with van der Waals surface area (Å²) in [5.74, 6) is -5.72. The first-order valence-electron chi connectivity index (χ1n) is 8.73. The second-order valence-electron chi connectivity index (χ2n) is 6.48. The molecule has 1 heterocycles. The van der Waals surface area contributed by atoms with E-state index >= 15 is 0 Å². The van der Waals surface area contributed by atoms with Gasteiger partial charge in [-0.15, -0.1) is 0 Å². The summed E-state index contributed by atoms with van der Waals surface area (Å²) >= 11 is 5.60. The summed E-state index contributed by atoms with van der Waals surface area (Å²) in [6.07, 6.45) is -6.60. The third kappa shape index (κ3) is 6.58. The van der Waals surface area contributed by atoms with Gasteiger partial charge in [0, 0.05) is 12.7 Å². The van der Waals surface area contributed by atoms with Crippen LogP contribution in [-0.2, 0) is 22.3 Å². The van der Waals surface area contributed by atoms with Gasteiger partial charge in [-0.05, 0) is 30.7 Å². The number of nitrogens with zero attached hydrogens (tertiary/aromatic N) is 2. The van der Waals surface area contributed by atoms with E-state index in [2.05, 4.69) is 10.3 Å². The highest BCUT2D eigenvalue weighted by atomic mass is 35.5. The van der Waals surface area contributed by atoms with Crippen molar-refractivity contribution in [3.8, 4) is 0 Å². The second-order valence-corrected chi connectivity index (χ2v) is 6.91. The molecule has 2 aromatic rings. The van der Waals surface area contributed by atoms with Crippen LogP contribution in [0.15, 0.2) is 36.5 Å². The number of halogens is 7. The zero-order valence-corrected chi connectivity index (χ0v) is 16.6. The molecule has 0 aliphatic heterocycles. The molecule has 0 saturated heterocycles. The molecule has 0 aliphatic carbocycles. The van der Waals surface area contributed by atoms with Gasteiger partial charge in [-0.25, -0.2) is 18.2 Å². The molecule has 0 saturated carbocycles. The number of hydrogen-bond donors (Lipinski definition) is 1. The van der Waals surface area contributed by atoms with Crippen LogP contribution in [0, 0.1) is 11.7 Å². The summed E-state index contributed by atoms with van der Waals surface area (Å²) < 4.78 is 77.9. The van der Waals surface area contributed by atoms with E-state index in [0.29, 0.717) is 10.5 Å². The average molecular weight is 468 g/mol. The van der Waals surface area contributed by atoms with Gasteiger partial charge >= 0.3 is 6.18 Å². The van der Waals surface area contributed by atoms with E-state index in [4.69, 9.17) is 11.6 Å². The molecule has 0 fully saturated rings. The molecule has 1 atom stereocenters. The number of alkyl halides is 5. The van der Waals surface area contributed by atoms with Crippen LogP contribution in [0.3, 0.4) is 0 Å². The lowest BCUT2D eigenvalue weighted by Gasteiger charge is -2.24. The fourth-order valence-corrected chi connectivity index (χ4v) is 2.57. The zero-order chi connectivity index (χ0) is 23.3. The Labute approximate surface area is 178 Å². The van der Waals surface area contributed by atoms with Gasteiger partial charge in [-0.1, -0.05) is 23.7 Å². The Hall–Kier alpha value is -2.82. The van der Waals surface area contributed by atoms with Crippen molar-refractivity contribution in [2.45, 2.75) is 26.1 Å². The van der Waals surface area contributed by atoms with Crippen molar-refractivity contribution >= 4 is 29.2 Å². The van der Waals surface area contributed by atoms with E-state index in [1.54, 1.807) is 0 Å². The Morgan fingerprint density at radius 3 is 2.32 bits per heavy atom. The van der Waals surface area contributed by atoms with E-state index in [1.165, 1.54) is 0 Å². The Morgan fingerprint density at radius 2 is 1.81 bits per heavy atom. The van der Waals surface area contributed by atoms with E-state index in [0.717, 1.165) is 43.5 Å². The van der Waals surface area contributed by atoms with Crippen LogP contribution in [0.25, 0.3) is 0 Å². The van der Waals surface area contributed by atoms with Gasteiger partial charge in [0.05, 0.1) is 16.5 Å².